The minimum atomic E-state index is -0.607. The van der Waals surface area contributed by atoms with E-state index in [9.17, 15) is 4.21 Å². The molecule has 0 saturated carbocycles. The van der Waals surface area contributed by atoms with Crippen molar-refractivity contribution in [3.63, 3.8) is 0 Å². The maximum absolute atomic E-state index is 11.4. The molecule has 19 heavy (non-hydrogen) atoms. The summed E-state index contributed by atoms with van der Waals surface area (Å²) in [4.78, 5) is 3.68. The lowest BCUT2D eigenvalue weighted by atomic mass is 10.1. The molecule has 0 spiro atoms. The lowest BCUT2D eigenvalue weighted by Gasteiger charge is -2.26. The number of benzene rings is 1. The molecule has 2 N–H and O–H groups in total. The standard InChI is InChI=1S/C14H18N2OS2/c15-9-14-12(10-16-5-7-19(17)8-6-16)11-3-1-2-4-13(11)18-14/h1-4H,5-10,15H2. The average Bonchev–Trinajstić information content (AvgIpc) is 2.79. The Bertz CT molecular complexity index is 599. The van der Waals surface area contributed by atoms with Gasteiger partial charge in [-0.3, -0.25) is 9.11 Å². The van der Waals surface area contributed by atoms with Crippen molar-refractivity contribution in [3.8, 4) is 0 Å². The Morgan fingerprint density at radius 1 is 1.26 bits per heavy atom. The van der Waals surface area contributed by atoms with Gasteiger partial charge in [0.1, 0.15) is 0 Å². The van der Waals surface area contributed by atoms with Crippen LogP contribution >= 0.6 is 11.3 Å². The van der Waals surface area contributed by atoms with E-state index in [1.807, 2.05) is 0 Å². The molecule has 1 saturated heterocycles. The van der Waals surface area contributed by atoms with Crippen LogP contribution in [0.2, 0.25) is 0 Å². The van der Waals surface area contributed by atoms with Gasteiger partial charge in [0.15, 0.2) is 0 Å². The molecule has 0 atom stereocenters. The molecule has 1 aromatic heterocycles. The van der Waals surface area contributed by atoms with Crippen molar-refractivity contribution in [2.75, 3.05) is 24.6 Å². The first-order valence-electron chi connectivity index (χ1n) is 6.54. The van der Waals surface area contributed by atoms with Gasteiger partial charge in [0, 0.05) is 58.1 Å². The Balaban J connectivity index is 1.89. The topological polar surface area (TPSA) is 46.3 Å². The van der Waals surface area contributed by atoms with Crippen LogP contribution in [-0.2, 0) is 23.9 Å². The van der Waals surface area contributed by atoms with Gasteiger partial charge in [0.05, 0.1) is 0 Å². The first-order chi connectivity index (χ1) is 9.28. The maximum Gasteiger partial charge on any atom is 0.0363 e. The zero-order valence-corrected chi connectivity index (χ0v) is 12.4. The quantitative estimate of drug-likeness (QED) is 0.941. The molecule has 0 aliphatic carbocycles. The van der Waals surface area contributed by atoms with E-state index < -0.39 is 10.8 Å². The maximum atomic E-state index is 11.4. The third-order valence-corrected chi connectivity index (χ3v) is 6.13. The molecule has 3 nitrogen and oxygen atoms in total. The monoisotopic (exact) mass is 294 g/mol. The fourth-order valence-corrected chi connectivity index (χ4v) is 4.77. The molecule has 0 bridgehead atoms. The van der Waals surface area contributed by atoms with Gasteiger partial charge < -0.3 is 5.73 Å². The van der Waals surface area contributed by atoms with Gasteiger partial charge in [0.25, 0.3) is 0 Å². The molecule has 0 radical (unpaired) electrons. The molecule has 3 rings (SSSR count). The van der Waals surface area contributed by atoms with Crippen molar-refractivity contribution >= 4 is 32.2 Å². The number of nitrogens with two attached hydrogens (primary N) is 1. The summed E-state index contributed by atoms with van der Waals surface area (Å²) >= 11 is 1.80. The van der Waals surface area contributed by atoms with Crippen LogP contribution in [0.4, 0.5) is 0 Å². The second-order valence-corrected chi connectivity index (χ2v) is 7.66. The van der Waals surface area contributed by atoms with E-state index >= 15 is 0 Å². The van der Waals surface area contributed by atoms with Crippen molar-refractivity contribution in [1.29, 1.82) is 0 Å². The molecule has 5 heteroatoms. The summed E-state index contributed by atoms with van der Waals surface area (Å²) in [6.45, 7) is 3.41. The molecule has 2 heterocycles. The zero-order valence-electron chi connectivity index (χ0n) is 10.8. The summed E-state index contributed by atoms with van der Waals surface area (Å²) in [5, 5.41) is 1.33. The van der Waals surface area contributed by atoms with Crippen molar-refractivity contribution in [2.45, 2.75) is 13.1 Å². The molecule has 2 aromatic rings. The summed E-state index contributed by atoms with van der Waals surface area (Å²) in [5.41, 5.74) is 7.26. The van der Waals surface area contributed by atoms with Crippen LogP contribution in [0, 0.1) is 0 Å². The molecule has 1 fully saturated rings. The highest BCUT2D eigenvalue weighted by atomic mass is 32.2. The number of hydrogen-bond acceptors (Lipinski definition) is 4. The van der Waals surface area contributed by atoms with Crippen molar-refractivity contribution in [3.05, 3.63) is 34.7 Å². The van der Waals surface area contributed by atoms with Crippen LogP contribution in [0.3, 0.4) is 0 Å². The lowest BCUT2D eigenvalue weighted by Crippen LogP contribution is -2.37. The summed E-state index contributed by atoms with van der Waals surface area (Å²) < 4.78 is 12.7. The highest BCUT2D eigenvalue weighted by Crippen LogP contribution is 2.32. The van der Waals surface area contributed by atoms with Gasteiger partial charge in [-0.2, -0.15) is 0 Å². The van der Waals surface area contributed by atoms with Gasteiger partial charge in [-0.05, 0) is 17.0 Å². The number of hydrogen-bond donors (Lipinski definition) is 1. The Hall–Kier alpha value is -0.750. The second kappa shape index (κ2) is 5.71. The van der Waals surface area contributed by atoms with Crippen LogP contribution < -0.4 is 5.73 Å². The average molecular weight is 294 g/mol. The van der Waals surface area contributed by atoms with Crippen LogP contribution in [0.1, 0.15) is 10.4 Å². The van der Waals surface area contributed by atoms with E-state index in [1.165, 1.54) is 20.5 Å². The normalized spacial score (nSPS) is 18.2. The minimum absolute atomic E-state index is 0.606. The van der Waals surface area contributed by atoms with Crippen molar-refractivity contribution in [2.24, 2.45) is 5.73 Å². The predicted octanol–water partition coefficient (Wildman–Crippen LogP) is 1.92. The molecule has 1 aliphatic heterocycles. The molecule has 1 aliphatic rings. The van der Waals surface area contributed by atoms with E-state index in [4.69, 9.17) is 5.73 Å². The van der Waals surface area contributed by atoms with E-state index in [0.29, 0.717) is 6.54 Å². The Kier molecular flexibility index (Phi) is 3.98. The Morgan fingerprint density at radius 3 is 2.74 bits per heavy atom. The lowest BCUT2D eigenvalue weighted by molar-refractivity contribution is 0.292. The summed E-state index contributed by atoms with van der Waals surface area (Å²) in [7, 11) is -0.607. The molecule has 102 valence electrons. The van der Waals surface area contributed by atoms with Crippen LogP contribution in [0.15, 0.2) is 24.3 Å². The van der Waals surface area contributed by atoms with Crippen molar-refractivity contribution in [1.82, 2.24) is 4.90 Å². The predicted molar refractivity (Wildman–Crippen MR) is 82.9 cm³/mol. The van der Waals surface area contributed by atoms with Crippen LogP contribution in [-0.4, -0.2) is 33.7 Å². The van der Waals surface area contributed by atoms with Crippen molar-refractivity contribution < 1.29 is 4.21 Å². The number of thiophene rings is 1. The van der Waals surface area contributed by atoms with Gasteiger partial charge in [0.2, 0.25) is 0 Å². The molecule has 0 amide bonds. The molecule has 0 unspecified atom stereocenters. The molecule has 1 aromatic carbocycles. The fraction of sp³-hybridized carbons (Fsp3) is 0.429. The highest BCUT2D eigenvalue weighted by molar-refractivity contribution is 7.85. The van der Waals surface area contributed by atoms with Gasteiger partial charge >= 0.3 is 0 Å². The first-order valence-corrected chi connectivity index (χ1v) is 8.85. The highest BCUT2D eigenvalue weighted by Gasteiger charge is 2.18. The number of nitrogens with zero attached hydrogens (tertiary/aromatic N) is 1. The van der Waals surface area contributed by atoms with Gasteiger partial charge in [-0.15, -0.1) is 11.3 Å². The summed E-state index contributed by atoms with van der Waals surface area (Å²) in [6, 6.07) is 8.51. The number of fused-ring (bicyclic) bond motifs is 1. The Morgan fingerprint density at radius 2 is 2.00 bits per heavy atom. The summed E-state index contributed by atoms with van der Waals surface area (Å²) in [6.07, 6.45) is 0. The smallest absolute Gasteiger partial charge is 0.0363 e. The molecular formula is C14H18N2OS2. The minimum Gasteiger partial charge on any atom is -0.326 e. The van der Waals surface area contributed by atoms with E-state index in [-0.39, 0.29) is 0 Å². The van der Waals surface area contributed by atoms with E-state index in [2.05, 4.69) is 29.2 Å². The molecular weight excluding hydrogens is 276 g/mol. The van der Waals surface area contributed by atoms with Crippen LogP contribution in [0.5, 0.6) is 0 Å². The van der Waals surface area contributed by atoms with E-state index in [0.717, 1.165) is 31.1 Å². The Labute approximate surface area is 119 Å². The third kappa shape index (κ3) is 2.74. The largest absolute Gasteiger partial charge is 0.326 e. The number of rotatable bonds is 3. The van der Waals surface area contributed by atoms with E-state index in [1.54, 1.807) is 11.3 Å². The van der Waals surface area contributed by atoms with Gasteiger partial charge in [-0.1, -0.05) is 18.2 Å². The third-order valence-electron chi connectivity index (χ3n) is 3.62. The summed E-state index contributed by atoms with van der Waals surface area (Å²) in [5.74, 6) is 1.61. The second-order valence-electron chi connectivity index (χ2n) is 4.83. The van der Waals surface area contributed by atoms with Crippen LogP contribution in [0.25, 0.3) is 10.1 Å². The SMILES string of the molecule is NCc1sc2ccccc2c1CN1CCS(=O)CC1. The first kappa shape index (κ1) is 13.2. The van der Waals surface area contributed by atoms with Gasteiger partial charge in [-0.25, -0.2) is 0 Å². The fourth-order valence-electron chi connectivity index (χ4n) is 2.55. The zero-order chi connectivity index (χ0) is 13.2.